The molecular weight excluding hydrogens is 318 g/mol. The molecule has 1 heterocycles. The van der Waals surface area contributed by atoms with Crippen molar-refractivity contribution in [3.8, 4) is 0 Å². The van der Waals surface area contributed by atoms with E-state index in [1.54, 1.807) is 4.90 Å². The molecule has 1 aliphatic carbocycles. The number of hydrogen-bond donors (Lipinski definition) is 1. The van der Waals surface area contributed by atoms with Gasteiger partial charge in [0.1, 0.15) is 6.10 Å². The van der Waals surface area contributed by atoms with Crippen molar-refractivity contribution in [3.63, 3.8) is 0 Å². The van der Waals surface area contributed by atoms with Crippen LogP contribution in [-0.2, 0) is 9.59 Å². The van der Waals surface area contributed by atoms with Crippen molar-refractivity contribution in [3.05, 3.63) is 35.4 Å². The standard InChI is InChI=1S/C17H20F2N2O3/c1-10(22)16(23)20-5-7-21(8-6-20)17(24)13-9-12(13)11-3-2-4-14(18)15(11)19/h2-4,10,12-13,22H,5-9H2,1H3. The van der Waals surface area contributed by atoms with Crippen LogP contribution in [0.25, 0.3) is 0 Å². The third-order valence-corrected chi connectivity index (χ3v) is 4.75. The number of aliphatic hydroxyl groups is 1. The van der Waals surface area contributed by atoms with Crippen molar-refractivity contribution in [1.82, 2.24) is 9.80 Å². The van der Waals surface area contributed by atoms with Gasteiger partial charge in [-0.2, -0.15) is 0 Å². The number of amides is 2. The summed E-state index contributed by atoms with van der Waals surface area (Å²) < 4.78 is 27.1. The van der Waals surface area contributed by atoms with Crippen LogP contribution in [0.2, 0.25) is 0 Å². The number of carbonyl (C=O) groups is 2. The minimum atomic E-state index is -1.05. The molecular formula is C17H20F2N2O3. The second kappa shape index (κ2) is 6.47. The van der Waals surface area contributed by atoms with Gasteiger partial charge in [-0.25, -0.2) is 8.78 Å². The van der Waals surface area contributed by atoms with E-state index in [4.69, 9.17) is 0 Å². The molecule has 2 aliphatic rings. The van der Waals surface area contributed by atoms with Gasteiger partial charge in [-0.1, -0.05) is 12.1 Å². The molecule has 0 aromatic heterocycles. The third kappa shape index (κ3) is 3.13. The summed E-state index contributed by atoms with van der Waals surface area (Å²) in [6.45, 7) is 2.96. The fourth-order valence-corrected chi connectivity index (χ4v) is 3.26. The quantitative estimate of drug-likeness (QED) is 0.898. The lowest BCUT2D eigenvalue weighted by atomic mass is 10.1. The van der Waals surface area contributed by atoms with Crippen LogP contribution in [0.15, 0.2) is 18.2 Å². The van der Waals surface area contributed by atoms with E-state index in [9.17, 15) is 23.5 Å². The Balaban J connectivity index is 1.58. The molecule has 1 saturated heterocycles. The van der Waals surface area contributed by atoms with Crippen LogP contribution in [0, 0.1) is 17.6 Å². The molecule has 1 saturated carbocycles. The minimum Gasteiger partial charge on any atom is -0.384 e. The highest BCUT2D eigenvalue weighted by atomic mass is 19.2. The zero-order valence-electron chi connectivity index (χ0n) is 13.4. The lowest BCUT2D eigenvalue weighted by Gasteiger charge is -2.35. The summed E-state index contributed by atoms with van der Waals surface area (Å²) in [7, 11) is 0. The molecule has 2 amide bonds. The van der Waals surface area contributed by atoms with E-state index in [0.29, 0.717) is 32.6 Å². The number of carbonyl (C=O) groups excluding carboxylic acids is 2. The maximum Gasteiger partial charge on any atom is 0.251 e. The second-order valence-corrected chi connectivity index (χ2v) is 6.42. The SMILES string of the molecule is CC(O)C(=O)N1CCN(C(=O)C2CC2c2cccc(F)c2F)CC1. The fourth-order valence-electron chi connectivity index (χ4n) is 3.26. The first kappa shape index (κ1) is 16.8. The van der Waals surface area contributed by atoms with Crippen LogP contribution in [0.3, 0.4) is 0 Å². The number of hydrogen-bond acceptors (Lipinski definition) is 3. The predicted octanol–water partition coefficient (Wildman–Crippen LogP) is 1.12. The van der Waals surface area contributed by atoms with Crippen LogP contribution < -0.4 is 0 Å². The summed E-state index contributed by atoms with van der Waals surface area (Å²) in [5.41, 5.74) is 0.260. The first-order valence-corrected chi connectivity index (χ1v) is 8.09. The van der Waals surface area contributed by atoms with Gasteiger partial charge in [0.2, 0.25) is 5.91 Å². The van der Waals surface area contributed by atoms with Gasteiger partial charge >= 0.3 is 0 Å². The van der Waals surface area contributed by atoms with E-state index in [1.165, 1.54) is 24.0 Å². The topological polar surface area (TPSA) is 60.9 Å². The van der Waals surface area contributed by atoms with Gasteiger partial charge in [-0.05, 0) is 30.9 Å². The zero-order valence-corrected chi connectivity index (χ0v) is 13.4. The van der Waals surface area contributed by atoms with Crippen LogP contribution in [0.4, 0.5) is 8.78 Å². The number of piperazine rings is 1. The molecule has 7 heteroatoms. The number of halogens is 2. The average Bonchev–Trinajstić information content (AvgIpc) is 3.36. The van der Waals surface area contributed by atoms with Crippen LogP contribution in [-0.4, -0.2) is 59.0 Å². The van der Waals surface area contributed by atoms with E-state index in [-0.39, 0.29) is 29.2 Å². The third-order valence-electron chi connectivity index (χ3n) is 4.75. The zero-order chi connectivity index (χ0) is 17.4. The van der Waals surface area contributed by atoms with Crippen molar-refractivity contribution in [2.75, 3.05) is 26.2 Å². The molecule has 3 unspecified atom stereocenters. The molecule has 1 aliphatic heterocycles. The van der Waals surface area contributed by atoms with E-state index < -0.39 is 17.7 Å². The van der Waals surface area contributed by atoms with Crippen LogP contribution in [0.1, 0.15) is 24.8 Å². The van der Waals surface area contributed by atoms with Crippen molar-refractivity contribution in [2.24, 2.45) is 5.92 Å². The molecule has 0 bridgehead atoms. The van der Waals surface area contributed by atoms with Gasteiger partial charge in [-0.15, -0.1) is 0 Å². The molecule has 5 nitrogen and oxygen atoms in total. The van der Waals surface area contributed by atoms with Crippen LogP contribution >= 0.6 is 0 Å². The summed E-state index contributed by atoms with van der Waals surface area (Å²) in [4.78, 5) is 27.4. The number of rotatable bonds is 3. The summed E-state index contributed by atoms with van der Waals surface area (Å²) in [6.07, 6.45) is -0.525. The molecule has 24 heavy (non-hydrogen) atoms. The molecule has 0 spiro atoms. The van der Waals surface area contributed by atoms with E-state index in [1.807, 2.05) is 0 Å². The highest BCUT2D eigenvalue weighted by Gasteiger charge is 2.47. The van der Waals surface area contributed by atoms with Crippen molar-refractivity contribution in [2.45, 2.75) is 25.4 Å². The van der Waals surface area contributed by atoms with Crippen LogP contribution in [0.5, 0.6) is 0 Å². The monoisotopic (exact) mass is 338 g/mol. The van der Waals surface area contributed by atoms with Gasteiger partial charge in [0.25, 0.3) is 5.91 Å². The summed E-state index contributed by atoms with van der Waals surface area (Å²) in [5.74, 6) is -2.77. The Hall–Kier alpha value is -2.02. The van der Waals surface area contributed by atoms with Gasteiger partial charge in [0.05, 0.1) is 0 Å². The largest absolute Gasteiger partial charge is 0.384 e. The normalized spacial score (nSPS) is 24.7. The van der Waals surface area contributed by atoms with Crippen molar-refractivity contribution < 1.29 is 23.5 Å². The fraction of sp³-hybridized carbons (Fsp3) is 0.529. The molecule has 1 aromatic rings. The molecule has 0 radical (unpaired) electrons. The first-order valence-electron chi connectivity index (χ1n) is 8.09. The molecule has 1 N–H and O–H groups in total. The van der Waals surface area contributed by atoms with Gasteiger partial charge in [0, 0.05) is 32.1 Å². The van der Waals surface area contributed by atoms with Crippen molar-refractivity contribution in [1.29, 1.82) is 0 Å². The smallest absolute Gasteiger partial charge is 0.251 e. The molecule has 2 fully saturated rings. The molecule has 130 valence electrons. The van der Waals surface area contributed by atoms with Gasteiger partial charge in [-0.3, -0.25) is 9.59 Å². The Bertz CT molecular complexity index is 657. The number of aliphatic hydroxyl groups excluding tert-OH is 1. The Labute approximate surface area is 138 Å². The molecule has 1 aromatic carbocycles. The Kier molecular flexibility index (Phi) is 4.54. The maximum absolute atomic E-state index is 13.8. The van der Waals surface area contributed by atoms with Crippen molar-refractivity contribution >= 4 is 11.8 Å². The maximum atomic E-state index is 13.8. The van der Waals surface area contributed by atoms with E-state index in [2.05, 4.69) is 0 Å². The summed E-state index contributed by atoms with van der Waals surface area (Å²) >= 11 is 0. The van der Waals surface area contributed by atoms with E-state index in [0.717, 1.165) is 6.07 Å². The second-order valence-electron chi connectivity index (χ2n) is 6.42. The lowest BCUT2D eigenvalue weighted by Crippen LogP contribution is -2.52. The highest BCUT2D eigenvalue weighted by Crippen LogP contribution is 2.49. The number of benzene rings is 1. The minimum absolute atomic E-state index is 0.0761. The first-order chi connectivity index (χ1) is 11.4. The lowest BCUT2D eigenvalue weighted by molar-refractivity contribution is -0.145. The summed E-state index contributed by atoms with van der Waals surface area (Å²) in [6, 6.07) is 4.04. The van der Waals surface area contributed by atoms with E-state index >= 15 is 0 Å². The molecule has 3 rings (SSSR count). The Morgan fingerprint density at radius 2 is 1.79 bits per heavy atom. The van der Waals surface area contributed by atoms with Gasteiger partial charge in [0.15, 0.2) is 11.6 Å². The average molecular weight is 338 g/mol. The Morgan fingerprint density at radius 1 is 1.17 bits per heavy atom. The summed E-state index contributed by atoms with van der Waals surface area (Å²) in [5, 5.41) is 9.32. The molecule has 3 atom stereocenters. The van der Waals surface area contributed by atoms with Gasteiger partial charge < -0.3 is 14.9 Å². The number of nitrogens with zero attached hydrogens (tertiary/aromatic N) is 2. The predicted molar refractivity (Wildman–Crippen MR) is 82.0 cm³/mol. The Morgan fingerprint density at radius 3 is 2.42 bits per heavy atom. The highest BCUT2D eigenvalue weighted by molar-refractivity contribution is 5.84.